The highest BCUT2D eigenvalue weighted by atomic mass is 19.4. The molecule has 3 aromatic rings. The lowest BCUT2D eigenvalue weighted by molar-refractivity contribution is -0.136. The number of H-pyrrole nitrogens is 1. The average Bonchev–Trinajstić information content (AvgIpc) is 3.65. The molecule has 0 radical (unpaired) electrons. The molecule has 2 aromatic heterocycles. The molecule has 196 valence electrons. The van der Waals surface area contributed by atoms with E-state index in [1.54, 1.807) is 6.07 Å². The van der Waals surface area contributed by atoms with Crippen LogP contribution < -0.4 is 0 Å². The molecule has 6 nitrogen and oxygen atoms in total. The lowest BCUT2D eigenvalue weighted by atomic mass is 9.82. The summed E-state index contributed by atoms with van der Waals surface area (Å²) in [6, 6.07) is 6.49. The van der Waals surface area contributed by atoms with Crippen LogP contribution in [0.4, 0.5) is 13.2 Å². The number of hydrogen-bond acceptors (Lipinski definition) is 5. The normalized spacial score (nSPS) is 26.2. The van der Waals surface area contributed by atoms with E-state index in [4.69, 9.17) is 4.74 Å². The highest BCUT2D eigenvalue weighted by molar-refractivity contribution is 5.83. The minimum atomic E-state index is -4.49. The fraction of sp³-hybridized carbons (Fsp3) is 0.536. The van der Waals surface area contributed by atoms with Crippen LogP contribution in [0.2, 0.25) is 0 Å². The van der Waals surface area contributed by atoms with E-state index in [0.29, 0.717) is 35.6 Å². The van der Waals surface area contributed by atoms with Crippen LogP contribution in [0.3, 0.4) is 0 Å². The molecule has 4 atom stereocenters. The number of ether oxygens (including phenoxy) is 1. The van der Waals surface area contributed by atoms with Gasteiger partial charge in [-0.1, -0.05) is 6.07 Å². The third kappa shape index (κ3) is 5.03. The van der Waals surface area contributed by atoms with E-state index in [2.05, 4.69) is 25.9 Å². The number of para-hydroxylation sites is 1. The Morgan fingerprint density at radius 2 is 2.03 bits per heavy atom. The van der Waals surface area contributed by atoms with Crippen molar-refractivity contribution in [2.75, 3.05) is 26.3 Å². The van der Waals surface area contributed by atoms with E-state index in [0.717, 1.165) is 58.1 Å². The van der Waals surface area contributed by atoms with Crippen LogP contribution in [-0.4, -0.2) is 58.0 Å². The Labute approximate surface area is 213 Å². The topological polar surface area (TPSA) is 71.1 Å². The number of hydrogen-bond donors (Lipinski definition) is 1. The number of aromatic nitrogens is 3. The summed E-state index contributed by atoms with van der Waals surface area (Å²) in [4.78, 5) is 27.1. The van der Waals surface area contributed by atoms with E-state index in [9.17, 15) is 18.0 Å². The molecular weight excluding hydrogens is 481 g/mol. The Morgan fingerprint density at radius 1 is 1.16 bits per heavy atom. The number of fused-ring (bicyclic) bond motifs is 2. The van der Waals surface area contributed by atoms with Crippen molar-refractivity contribution in [1.82, 2.24) is 19.9 Å². The molecule has 0 spiro atoms. The first kappa shape index (κ1) is 24.6. The Bertz CT molecular complexity index is 1280. The number of pyridine rings is 1. The quantitative estimate of drug-likeness (QED) is 0.486. The predicted octanol–water partition coefficient (Wildman–Crippen LogP) is 4.94. The number of carbonyl (C=O) groups excluding carboxylic acids is 1. The number of alkyl halides is 3. The molecule has 2 fully saturated rings. The van der Waals surface area contributed by atoms with Gasteiger partial charge in [0, 0.05) is 44.6 Å². The van der Waals surface area contributed by atoms with Crippen molar-refractivity contribution in [2.45, 2.75) is 56.7 Å². The van der Waals surface area contributed by atoms with Crippen LogP contribution in [0, 0.1) is 11.8 Å². The van der Waals surface area contributed by atoms with Crippen molar-refractivity contribution in [3.63, 3.8) is 0 Å². The van der Waals surface area contributed by atoms with Crippen LogP contribution in [0.1, 0.15) is 54.1 Å². The summed E-state index contributed by atoms with van der Waals surface area (Å²) in [5, 5.41) is 0. The molecule has 2 aliphatic heterocycles. The van der Waals surface area contributed by atoms with Crippen molar-refractivity contribution in [2.24, 2.45) is 11.8 Å². The highest BCUT2D eigenvalue weighted by Gasteiger charge is 2.40. The molecule has 9 heteroatoms. The second-order valence-electron chi connectivity index (χ2n) is 10.8. The molecule has 3 unspecified atom stereocenters. The number of imidazole rings is 1. The molecule has 37 heavy (non-hydrogen) atoms. The maximum Gasteiger partial charge on any atom is 0.418 e. The van der Waals surface area contributed by atoms with Gasteiger partial charge in [-0.05, 0) is 72.8 Å². The zero-order chi connectivity index (χ0) is 25.6. The molecule has 0 bridgehead atoms. The van der Waals surface area contributed by atoms with Gasteiger partial charge in [-0.3, -0.25) is 14.7 Å². The molecule has 0 amide bonds. The number of halogens is 3. The third-order valence-electron chi connectivity index (χ3n) is 8.48. The second-order valence-corrected chi connectivity index (χ2v) is 10.8. The molecule has 3 aliphatic rings. The first-order valence-corrected chi connectivity index (χ1v) is 13.2. The number of nitrogens with one attached hydrogen (secondary N) is 1. The fourth-order valence-electron chi connectivity index (χ4n) is 6.67. The summed E-state index contributed by atoms with van der Waals surface area (Å²) in [6.07, 6.45) is 4.01. The van der Waals surface area contributed by atoms with Gasteiger partial charge in [0.05, 0.1) is 24.1 Å². The summed E-state index contributed by atoms with van der Waals surface area (Å²) in [6.45, 7) is 3.34. The van der Waals surface area contributed by atoms with Crippen LogP contribution in [0.25, 0.3) is 11.0 Å². The monoisotopic (exact) mass is 512 g/mol. The van der Waals surface area contributed by atoms with Crippen molar-refractivity contribution < 1.29 is 22.7 Å². The molecule has 4 heterocycles. The largest absolute Gasteiger partial charge is 0.418 e. The van der Waals surface area contributed by atoms with E-state index in [-0.39, 0.29) is 23.6 Å². The van der Waals surface area contributed by atoms with E-state index >= 15 is 0 Å². The first-order valence-electron chi connectivity index (χ1n) is 13.2. The van der Waals surface area contributed by atoms with Gasteiger partial charge in [0.2, 0.25) is 0 Å². The molecule has 1 aliphatic carbocycles. The van der Waals surface area contributed by atoms with Gasteiger partial charge in [-0.15, -0.1) is 0 Å². The minimum absolute atomic E-state index is 0.0136. The maximum absolute atomic E-state index is 13.4. The van der Waals surface area contributed by atoms with Crippen LogP contribution in [0.15, 0.2) is 36.7 Å². The number of nitrogens with zero attached hydrogens (tertiary/aromatic N) is 3. The molecule has 1 aromatic carbocycles. The van der Waals surface area contributed by atoms with Crippen molar-refractivity contribution in [1.29, 1.82) is 0 Å². The Balaban J connectivity index is 1.17. The molecule has 6 rings (SSSR count). The van der Waals surface area contributed by atoms with Crippen molar-refractivity contribution in [3.8, 4) is 0 Å². The van der Waals surface area contributed by atoms with Gasteiger partial charge >= 0.3 is 6.18 Å². The fourth-order valence-corrected chi connectivity index (χ4v) is 6.67. The lowest BCUT2D eigenvalue weighted by Crippen LogP contribution is -2.34. The summed E-state index contributed by atoms with van der Waals surface area (Å²) in [5.74, 6) is 1.40. The van der Waals surface area contributed by atoms with Crippen LogP contribution >= 0.6 is 0 Å². The Kier molecular flexibility index (Phi) is 6.52. The lowest BCUT2D eigenvalue weighted by Gasteiger charge is -2.23. The number of benzene rings is 1. The summed E-state index contributed by atoms with van der Waals surface area (Å²) in [5.41, 5.74) is 2.13. The number of aryl methyl sites for hydroxylation is 1. The zero-order valence-corrected chi connectivity index (χ0v) is 20.6. The van der Waals surface area contributed by atoms with Gasteiger partial charge in [-0.25, -0.2) is 4.98 Å². The molecule has 0 saturated carbocycles. The van der Waals surface area contributed by atoms with E-state index in [1.165, 1.54) is 17.2 Å². The molecule has 1 N–H and O–H groups in total. The van der Waals surface area contributed by atoms with Crippen LogP contribution in [-0.2, 0) is 28.5 Å². The number of rotatable bonds is 7. The highest BCUT2D eigenvalue weighted by Crippen LogP contribution is 2.42. The number of carbonyl (C=O) groups is 1. The third-order valence-corrected chi connectivity index (χ3v) is 8.48. The SMILES string of the molecule is O=C(Cc1nc2c(C(F)(F)F)cccc2[nH]1)CC1CN(C2CCOC2)C[C@@H]1CC1CCc2cnccc21. The Hall–Kier alpha value is -2.78. The second kappa shape index (κ2) is 9.83. The first-order chi connectivity index (χ1) is 17.8. The molecule has 2 saturated heterocycles. The van der Waals surface area contributed by atoms with E-state index < -0.39 is 11.7 Å². The summed E-state index contributed by atoms with van der Waals surface area (Å²) in [7, 11) is 0. The zero-order valence-electron chi connectivity index (χ0n) is 20.6. The van der Waals surface area contributed by atoms with Gasteiger partial charge in [-0.2, -0.15) is 13.2 Å². The van der Waals surface area contributed by atoms with Gasteiger partial charge < -0.3 is 9.72 Å². The molecular formula is C28H31F3N4O2. The Morgan fingerprint density at radius 3 is 2.84 bits per heavy atom. The van der Waals surface area contributed by atoms with Gasteiger partial charge in [0.1, 0.15) is 17.1 Å². The summed E-state index contributed by atoms with van der Waals surface area (Å²) >= 11 is 0. The average molecular weight is 513 g/mol. The van der Waals surface area contributed by atoms with Crippen molar-refractivity contribution in [3.05, 3.63) is 59.2 Å². The van der Waals surface area contributed by atoms with Gasteiger partial charge in [0.25, 0.3) is 0 Å². The number of ketones is 1. The number of Topliss-reactive ketones (excluding diaryl/α,β-unsaturated/α-hetero) is 1. The predicted molar refractivity (Wildman–Crippen MR) is 132 cm³/mol. The smallest absolute Gasteiger partial charge is 0.380 e. The standard InChI is InChI=1S/C28H31F3N4O2/c29-28(30,31)24-2-1-3-25-27(24)34-26(33-25)12-22(36)11-20-15-35(21-7-9-37-16-21)14-19(20)10-17-4-5-18-13-32-8-6-23(17)18/h1-3,6,8,13,17,19-21H,4-5,7,9-12,14-16H2,(H,33,34)/t17?,19-,20?,21?/m0/s1. The number of likely N-dealkylation sites (tertiary alicyclic amines) is 1. The van der Waals surface area contributed by atoms with Gasteiger partial charge in [0.15, 0.2) is 0 Å². The minimum Gasteiger partial charge on any atom is -0.380 e. The number of aromatic amines is 1. The maximum atomic E-state index is 13.4. The van der Waals surface area contributed by atoms with Crippen LogP contribution in [0.5, 0.6) is 0 Å². The van der Waals surface area contributed by atoms with E-state index in [1.807, 2.05) is 12.4 Å². The summed E-state index contributed by atoms with van der Waals surface area (Å²) < 4.78 is 45.8. The van der Waals surface area contributed by atoms with Crippen molar-refractivity contribution >= 4 is 16.8 Å².